The molecule has 162 valence electrons. The molecule has 1 aromatic heterocycles. The van der Waals surface area contributed by atoms with Gasteiger partial charge in [-0.1, -0.05) is 0 Å². The van der Waals surface area contributed by atoms with Crippen LogP contribution in [-0.2, 0) is 35.3 Å². The molecule has 29 heavy (non-hydrogen) atoms. The molecule has 1 aliphatic rings. The van der Waals surface area contributed by atoms with E-state index in [4.69, 9.17) is 14.2 Å². The number of nitrogens with zero attached hydrogens (tertiary/aromatic N) is 3. The molecule has 2 rings (SSSR count). The molecule has 2 atom stereocenters. The Labute approximate surface area is 169 Å². The van der Waals surface area contributed by atoms with Crippen LogP contribution in [0.5, 0.6) is 0 Å². The van der Waals surface area contributed by atoms with E-state index in [-0.39, 0.29) is 25.9 Å². The van der Waals surface area contributed by atoms with Gasteiger partial charge in [0, 0.05) is 12.3 Å². The number of aliphatic hydroxyl groups excluding tert-OH is 1. The quantitative estimate of drug-likeness (QED) is 0.709. The number of amides is 1. The van der Waals surface area contributed by atoms with E-state index in [0.29, 0.717) is 5.82 Å². The van der Waals surface area contributed by atoms with Crippen molar-refractivity contribution in [1.29, 1.82) is 0 Å². The van der Waals surface area contributed by atoms with Crippen LogP contribution in [0.4, 0.5) is 5.82 Å². The number of rotatable bonds is 5. The van der Waals surface area contributed by atoms with Gasteiger partial charge in [-0.05, 0) is 41.5 Å². The molecule has 1 N–H and O–H groups in total. The van der Waals surface area contributed by atoms with E-state index in [0.717, 1.165) is 0 Å². The highest BCUT2D eigenvalue weighted by molar-refractivity contribution is 5.99. The summed E-state index contributed by atoms with van der Waals surface area (Å²) in [7, 11) is 0. The van der Waals surface area contributed by atoms with Crippen molar-refractivity contribution in [2.24, 2.45) is 5.41 Å². The summed E-state index contributed by atoms with van der Waals surface area (Å²) in [4.78, 5) is 38.0. The maximum absolute atomic E-state index is 12.7. The van der Waals surface area contributed by atoms with Crippen molar-refractivity contribution in [1.82, 2.24) is 9.78 Å². The predicted octanol–water partition coefficient (Wildman–Crippen LogP) is 0.864. The lowest BCUT2D eigenvalue weighted by Gasteiger charge is -2.33. The molecule has 2 heterocycles. The number of esters is 2. The van der Waals surface area contributed by atoms with Crippen LogP contribution >= 0.6 is 0 Å². The minimum Gasteiger partial charge on any atom is -0.458 e. The minimum atomic E-state index is -1.75. The molecule has 0 spiro atoms. The average Bonchev–Trinajstić information content (AvgIpc) is 3.05. The standard InChI is InChI=1S/C19H29N3O7/c1-18(2,3)17(26)28-11-21-8-7-12(20-21)22-9-10-27-14(15(22)24)13(23)16(25)29-19(4,5)6/h7-8,13-14,23H,9-11H2,1-6H3/t13-,14-/m1/s1. The van der Waals surface area contributed by atoms with Gasteiger partial charge in [-0.3, -0.25) is 14.5 Å². The lowest BCUT2D eigenvalue weighted by Crippen LogP contribution is -2.55. The molecule has 1 fully saturated rings. The van der Waals surface area contributed by atoms with Gasteiger partial charge in [0.2, 0.25) is 0 Å². The highest BCUT2D eigenvalue weighted by atomic mass is 16.6. The number of hydrogen-bond donors (Lipinski definition) is 1. The molecule has 1 aliphatic heterocycles. The van der Waals surface area contributed by atoms with Gasteiger partial charge in [0.15, 0.2) is 24.8 Å². The van der Waals surface area contributed by atoms with Gasteiger partial charge in [0.25, 0.3) is 5.91 Å². The van der Waals surface area contributed by atoms with Crippen molar-refractivity contribution >= 4 is 23.7 Å². The Bertz CT molecular complexity index is 761. The van der Waals surface area contributed by atoms with E-state index >= 15 is 0 Å². The molecule has 0 aliphatic carbocycles. The fraction of sp³-hybridized carbons (Fsp3) is 0.684. The normalized spacial score (nSPS) is 19.1. The molecule has 0 aromatic carbocycles. The van der Waals surface area contributed by atoms with Crippen LogP contribution in [0, 0.1) is 5.41 Å². The molecule has 10 heteroatoms. The summed E-state index contributed by atoms with van der Waals surface area (Å²) < 4.78 is 17.0. The Morgan fingerprint density at radius 1 is 1.31 bits per heavy atom. The van der Waals surface area contributed by atoms with Crippen molar-refractivity contribution in [2.45, 2.75) is 66.1 Å². The van der Waals surface area contributed by atoms with Crippen LogP contribution in [0.1, 0.15) is 41.5 Å². The fourth-order valence-corrected chi connectivity index (χ4v) is 2.45. The van der Waals surface area contributed by atoms with Crippen molar-refractivity contribution in [3.05, 3.63) is 12.3 Å². The van der Waals surface area contributed by atoms with Gasteiger partial charge in [-0.25, -0.2) is 9.48 Å². The van der Waals surface area contributed by atoms with Crippen LogP contribution in [0.15, 0.2) is 12.3 Å². The van der Waals surface area contributed by atoms with Crippen molar-refractivity contribution in [3.63, 3.8) is 0 Å². The van der Waals surface area contributed by atoms with Crippen LogP contribution in [0.2, 0.25) is 0 Å². The smallest absolute Gasteiger partial charge is 0.338 e. The lowest BCUT2D eigenvalue weighted by molar-refractivity contribution is -0.177. The molecule has 1 amide bonds. The SMILES string of the molecule is CC(C)(C)OC(=O)[C@H](O)[C@H]1OCCN(c2ccn(COC(=O)C(C)(C)C)n2)C1=O. The number of anilines is 1. The molecule has 0 saturated carbocycles. The Morgan fingerprint density at radius 3 is 2.55 bits per heavy atom. The minimum absolute atomic E-state index is 0.0986. The summed E-state index contributed by atoms with van der Waals surface area (Å²) in [5, 5.41) is 14.5. The largest absolute Gasteiger partial charge is 0.458 e. The summed E-state index contributed by atoms with van der Waals surface area (Å²) in [5.41, 5.74) is -1.44. The second kappa shape index (κ2) is 8.50. The first-order chi connectivity index (χ1) is 13.3. The Kier molecular flexibility index (Phi) is 6.69. The highest BCUT2D eigenvalue weighted by Gasteiger charge is 2.41. The van der Waals surface area contributed by atoms with Gasteiger partial charge < -0.3 is 19.3 Å². The Morgan fingerprint density at radius 2 is 1.97 bits per heavy atom. The number of morpholine rings is 1. The summed E-state index contributed by atoms with van der Waals surface area (Å²) >= 11 is 0. The molecule has 10 nitrogen and oxygen atoms in total. The lowest BCUT2D eigenvalue weighted by atomic mass is 9.98. The van der Waals surface area contributed by atoms with Gasteiger partial charge in [-0.15, -0.1) is 0 Å². The summed E-state index contributed by atoms with van der Waals surface area (Å²) in [5.74, 6) is -1.62. The first-order valence-electron chi connectivity index (χ1n) is 9.34. The molecular weight excluding hydrogens is 382 g/mol. The molecular formula is C19H29N3O7. The topological polar surface area (TPSA) is 120 Å². The summed E-state index contributed by atoms with van der Waals surface area (Å²) in [6, 6.07) is 1.57. The molecule has 0 radical (unpaired) electrons. The second-order valence-electron chi connectivity index (χ2n) is 8.78. The Hall–Kier alpha value is -2.46. The third-order valence-electron chi connectivity index (χ3n) is 3.90. The van der Waals surface area contributed by atoms with Gasteiger partial charge >= 0.3 is 11.9 Å². The zero-order chi connectivity index (χ0) is 22.0. The Balaban J connectivity index is 2.04. The number of aromatic nitrogens is 2. The maximum atomic E-state index is 12.7. The zero-order valence-electron chi connectivity index (χ0n) is 17.7. The highest BCUT2D eigenvalue weighted by Crippen LogP contribution is 2.21. The van der Waals surface area contributed by atoms with Gasteiger partial charge in [0.05, 0.1) is 18.6 Å². The van der Waals surface area contributed by atoms with Crippen molar-refractivity contribution < 1.29 is 33.7 Å². The van der Waals surface area contributed by atoms with Crippen LogP contribution in [-0.4, -0.2) is 63.7 Å². The van der Waals surface area contributed by atoms with Crippen LogP contribution < -0.4 is 4.90 Å². The summed E-state index contributed by atoms with van der Waals surface area (Å²) in [6.07, 6.45) is -1.57. The van der Waals surface area contributed by atoms with Gasteiger partial charge in [-0.2, -0.15) is 5.10 Å². The summed E-state index contributed by atoms with van der Waals surface area (Å²) in [6.45, 7) is 10.4. The second-order valence-corrected chi connectivity index (χ2v) is 8.78. The fourth-order valence-electron chi connectivity index (χ4n) is 2.45. The van der Waals surface area contributed by atoms with Crippen molar-refractivity contribution in [3.8, 4) is 0 Å². The van der Waals surface area contributed by atoms with Crippen molar-refractivity contribution in [2.75, 3.05) is 18.1 Å². The average molecular weight is 411 g/mol. The van der Waals surface area contributed by atoms with E-state index < -0.39 is 35.1 Å². The number of carbonyl (C=O) groups is 3. The predicted molar refractivity (Wildman–Crippen MR) is 102 cm³/mol. The van der Waals surface area contributed by atoms with Crippen LogP contribution in [0.3, 0.4) is 0 Å². The van der Waals surface area contributed by atoms with E-state index in [9.17, 15) is 19.5 Å². The van der Waals surface area contributed by atoms with E-state index in [1.807, 2.05) is 0 Å². The monoisotopic (exact) mass is 411 g/mol. The maximum Gasteiger partial charge on any atom is 0.338 e. The molecule has 1 saturated heterocycles. The number of carbonyl (C=O) groups excluding carboxylic acids is 3. The zero-order valence-corrected chi connectivity index (χ0v) is 17.7. The van der Waals surface area contributed by atoms with Gasteiger partial charge in [0.1, 0.15) is 5.60 Å². The number of aliphatic hydroxyl groups is 1. The van der Waals surface area contributed by atoms with E-state index in [1.54, 1.807) is 53.8 Å². The van der Waals surface area contributed by atoms with E-state index in [1.165, 1.54) is 9.58 Å². The number of hydrogen-bond acceptors (Lipinski definition) is 8. The molecule has 0 unspecified atom stereocenters. The number of ether oxygens (including phenoxy) is 3. The first-order valence-corrected chi connectivity index (χ1v) is 9.34. The third-order valence-corrected chi connectivity index (χ3v) is 3.90. The molecule has 0 bridgehead atoms. The third kappa shape index (κ3) is 6.01. The first kappa shape index (κ1) is 22.8. The van der Waals surface area contributed by atoms with Crippen LogP contribution in [0.25, 0.3) is 0 Å². The molecule has 1 aromatic rings. The van der Waals surface area contributed by atoms with E-state index in [2.05, 4.69) is 5.10 Å².